The number of carbonyl (C=O) groups excluding carboxylic acids is 1. The van der Waals surface area contributed by atoms with Crippen LogP contribution in [0.3, 0.4) is 0 Å². The fourth-order valence-corrected chi connectivity index (χ4v) is 1.25. The molecule has 5 nitrogen and oxygen atoms in total. The monoisotopic (exact) mass is 237 g/mol. The number of hydrogen-bond donors (Lipinski definition) is 2. The predicted octanol–water partition coefficient (Wildman–Crippen LogP) is 1.21. The van der Waals surface area contributed by atoms with E-state index in [0.717, 1.165) is 19.4 Å². The van der Waals surface area contributed by atoms with Crippen LogP contribution in [0, 0.1) is 0 Å². The molecule has 0 aliphatic carbocycles. The molecule has 0 aliphatic rings. The van der Waals surface area contributed by atoms with E-state index >= 15 is 0 Å². The first-order valence-corrected chi connectivity index (χ1v) is 5.82. The second kappa shape index (κ2) is 7.62. The Labute approximate surface area is 101 Å². The number of nitrogen functional groups attached to an aromatic ring is 1. The lowest BCUT2D eigenvalue weighted by Gasteiger charge is -2.05. The van der Waals surface area contributed by atoms with Gasteiger partial charge in [0.25, 0.3) is 5.91 Å². The molecule has 0 saturated carbocycles. The molecular weight excluding hydrogens is 218 g/mol. The molecule has 0 spiro atoms. The third-order valence-corrected chi connectivity index (χ3v) is 2.18. The van der Waals surface area contributed by atoms with Gasteiger partial charge in [0.1, 0.15) is 11.5 Å². The average molecular weight is 237 g/mol. The Morgan fingerprint density at radius 3 is 3.00 bits per heavy atom. The number of ether oxygens (including phenoxy) is 1. The summed E-state index contributed by atoms with van der Waals surface area (Å²) < 4.78 is 5.32. The van der Waals surface area contributed by atoms with Crippen molar-refractivity contribution in [2.45, 2.75) is 19.8 Å². The molecule has 1 aromatic heterocycles. The fraction of sp³-hybridized carbons (Fsp3) is 0.500. The molecule has 0 radical (unpaired) electrons. The number of amides is 1. The zero-order valence-electron chi connectivity index (χ0n) is 10.1. The van der Waals surface area contributed by atoms with Crippen molar-refractivity contribution in [3.8, 4) is 0 Å². The summed E-state index contributed by atoms with van der Waals surface area (Å²) in [5.41, 5.74) is 5.82. The first-order chi connectivity index (χ1) is 8.24. The van der Waals surface area contributed by atoms with Crippen LogP contribution in [0.1, 0.15) is 30.3 Å². The van der Waals surface area contributed by atoms with Crippen LogP contribution in [0.2, 0.25) is 0 Å². The maximum atomic E-state index is 11.6. The van der Waals surface area contributed by atoms with Crippen LogP contribution in [0.25, 0.3) is 0 Å². The highest BCUT2D eigenvalue weighted by Crippen LogP contribution is 1.99. The van der Waals surface area contributed by atoms with Crippen molar-refractivity contribution in [1.29, 1.82) is 0 Å². The molecule has 5 heteroatoms. The van der Waals surface area contributed by atoms with Crippen LogP contribution in [0.4, 0.5) is 5.82 Å². The lowest BCUT2D eigenvalue weighted by atomic mass is 10.3. The predicted molar refractivity (Wildman–Crippen MR) is 66.7 cm³/mol. The number of nitrogens with zero attached hydrogens (tertiary/aromatic N) is 1. The fourth-order valence-electron chi connectivity index (χ4n) is 1.25. The Hall–Kier alpha value is -1.62. The highest BCUT2D eigenvalue weighted by atomic mass is 16.5. The third-order valence-electron chi connectivity index (χ3n) is 2.18. The van der Waals surface area contributed by atoms with Gasteiger partial charge >= 0.3 is 0 Å². The molecule has 0 unspecified atom stereocenters. The Balaban J connectivity index is 2.21. The summed E-state index contributed by atoms with van der Waals surface area (Å²) in [6.45, 7) is 3.85. The summed E-state index contributed by atoms with van der Waals surface area (Å²) in [6, 6.07) is 4.98. The Bertz CT molecular complexity index is 355. The van der Waals surface area contributed by atoms with Gasteiger partial charge in [0.15, 0.2) is 0 Å². The van der Waals surface area contributed by atoms with Gasteiger partial charge in [-0.15, -0.1) is 0 Å². The number of carbonyl (C=O) groups is 1. The van der Waals surface area contributed by atoms with Crippen molar-refractivity contribution < 1.29 is 9.53 Å². The second-order valence-electron chi connectivity index (χ2n) is 3.67. The molecule has 0 atom stereocenters. The largest absolute Gasteiger partial charge is 0.384 e. The van der Waals surface area contributed by atoms with Crippen LogP contribution >= 0.6 is 0 Å². The van der Waals surface area contributed by atoms with Gasteiger partial charge in [0.05, 0.1) is 6.61 Å². The summed E-state index contributed by atoms with van der Waals surface area (Å²) in [7, 11) is 0. The van der Waals surface area contributed by atoms with Gasteiger partial charge in [0, 0.05) is 13.2 Å². The van der Waals surface area contributed by atoms with Crippen molar-refractivity contribution in [3.63, 3.8) is 0 Å². The molecule has 94 valence electrons. The number of pyridine rings is 1. The van der Waals surface area contributed by atoms with Crippen molar-refractivity contribution >= 4 is 11.7 Å². The number of rotatable bonds is 7. The molecule has 1 rings (SSSR count). The van der Waals surface area contributed by atoms with Crippen LogP contribution in [-0.4, -0.2) is 30.6 Å². The maximum absolute atomic E-state index is 11.6. The first-order valence-electron chi connectivity index (χ1n) is 5.82. The highest BCUT2D eigenvalue weighted by Gasteiger charge is 2.05. The molecule has 3 N–H and O–H groups in total. The minimum absolute atomic E-state index is 0.226. The number of nitrogens with two attached hydrogens (primary N) is 1. The van der Waals surface area contributed by atoms with E-state index in [-0.39, 0.29) is 5.91 Å². The Morgan fingerprint density at radius 1 is 1.47 bits per heavy atom. The van der Waals surface area contributed by atoms with E-state index in [2.05, 4.69) is 17.2 Å². The third kappa shape index (κ3) is 5.31. The molecular formula is C12H19N3O2. The Morgan fingerprint density at radius 2 is 2.29 bits per heavy atom. The lowest BCUT2D eigenvalue weighted by molar-refractivity contribution is 0.0908. The minimum atomic E-state index is -0.226. The number of unbranched alkanes of at least 4 members (excludes halogenated alkanes) is 1. The summed E-state index contributed by atoms with van der Waals surface area (Å²) in [5, 5.41) is 2.72. The van der Waals surface area contributed by atoms with Gasteiger partial charge in [-0.2, -0.15) is 0 Å². The normalized spacial score (nSPS) is 10.2. The van der Waals surface area contributed by atoms with E-state index in [1.54, 1.807) is 18.2 Å². The average Bonchev–Trinajstić information content (AvgIpc) is 2.33. The smallest absolute Gasteiger partial charge is 0.270 e. The SMILES string of the molecule is CCCCOCCNC(=O)c1cccc(N)n1. The molecule has 0 fully saturated rings. The summed E-state index contributed by atoms with van der Waals surface area (Å²) in [6.07, 6.45) is 2.16. The van der Waals surface area contributed by atoms with Crippen molar-refractivity contribution in [1.82, 2.24) is 10.3 Å². The van der Waals surface area contributed by atoms with Crippen molar-refractivity contribution in [3.05, 3.63) is 23.9 Å². The van der Waals surface area contributed by atoms with E-state index in [1.807, 2.05) is 0 Å². The van der Waals surface area contributed by atoms with Gasteiger partial charge in [-0.25, -0.2) is 4.98 Å². The van der Waals surface area contributed by atoms with E-state index in [9.17, 15) is 4.79 Å². The molecule has 17 heavy (non-hydrogen) atoms. The summed E-state index contributed by atoms with van der Waals surface area (Å²) in [4.78, 5) is 15.5. The van der Waals surface area contributed by atoms with E-state index < -0.39 is 0 Å². The lowest BCUT2D eigenvalue weighted by Crippen LogP contribution is -2.28. The van der Waals surface area contributed by atoms with Gasteiger partial charge in [-0.05, 0) is 18.6 Å². The zero-order valence-corrected chi connectivity index (χ0v) is 10.1. The first kappa shape index (κ1) is 13.4. The standard InChI is InChI=1S/C12H19N3O2/c1-2-3-8-17-9-7-14-12(16)10-5-4-6-11(13)15-10/h4-6H,2-3,7-9H2,1H3,(H2,13,15)(H,14,16). The maximum Gasteiger partial charge on any atom is 0.270 e. The van der Waals surface area contributed by atoms with Crippen LogP contribution in [0.15, 0.2) is 18.2 Å². The topological polar surface area (TPSA) is 77.2 Å². The van der Waals surface area contributed by atoms with Gasteiger partial charge < -0.3 is 15.8 Å². The highest BCUT2D eigenvalue weighted by molar-refractivity contribution is 5.92. The minimum Gasteiger partial charge on any atom is -0.384 e. The number of anilines is 1. The molecule has 0 aromatic carbocycles. The second-order valence-corrected chi connectivity index (χ2v) is 3.67. The van der Waals surface area contributed by atoms with Gasteiger partial charge in [-0.1, -0.05) is 19.4 Å². The van der Waals surface area contributed by atoms with Crippen LogP contribution in [-0.2, 0) is 4.74 Å². The zero-order chi connectivity index (χ0) is 12.5. The molecule has 1 aromatic rings. The quantitative estimate of drug-likeness (QED) is 0.699. The van der Waals surface area contributed by atoms with Crippen molar-refractivity contribution in [2.24, 2.45) is 0 Å². The van der Waals surface area contributed by atoms with Crippen LogP contribution in [0.5, 0.6) is 0 Å². The summed E-state index contributed by atoms with van der Waals surface area (Å²) >= 11 is 0. The van der Waals surface area contributed by atoms with E-state index in [1.165, 1.54) is 0 Å². The molecule has 1 amide bonds. The Kier molecular flexibility index (Phi) is 6.03. The molecule has 0 bridgehead atoms. The molecule has 0 aliphatic heterocycles. The number of nitrogens with one attached hydrogen (secondary N) is 1. The van der Waals surface area contributed by atoms with Crippen LogP contribution < -0.4 is 11.1 Å². The number of aromatic nitrogens is 1. The van der Waals surface area contributed by atoms with E-state index in [0.29, 0.717) is 24.7 Å². The van der Waals surface area contributed by atoms with Gasteiger partial charge in [0.2, 0.25) is 0 Å². The van der Waals surface area contributed by atoms with Gasteiger partial charge in [-0.3, -0.25) is 4.79 Å². The number of hydrogen-bond acceptors (Lipinski definition) is 4. The van der Waals surface area contributed by atoms with Crippen molar-refractivity contribution in [2.75, 3.05) is 25.5 Å². The summed E-state index contributed by atoms with van der Waals surface area (Å²) in [5.74, 6) is 0.119. The molecule has 0 saturated heterocycles. The molecule has 1 heterocycles. The van der Waals surface area contributed by atoms with E-state index in [4.69, 9.17) is 10.5 Å².